The normalized spacial score (nSPS) is 24.7. The van der Waals surface area contributed by atoms with Crippen molar-refractivity contribution in [2.75, 3.05) is 13.1 Å². The molecule has 0 aromatic rings. The summed E-state index contributed by atoms with van der Waals surface area (Å²) in [6, 6.07) is 0.597. The quantitative estimate of drug-likeness (QED) is 0.701. The van der Waals surface area contributed by atoms with Crippen LogP contribution in [0.3, 0.4) is 0 Å². The Bertz CT molecular complexity index is 271. The van der Waals surface area contributed by atoms with Crippen molar-refractivity contribution in [1.29, 1.82) is 0 Å². The second-order valence-corrected chi connectivity index (χ2v) is 4.75. The van der Waals surface area contributed by atoms with Gasteiger partial charge in [0.2, 0.25) is 5.91 Å². The molecule has 0 aliphatic carbocycles. The average molecular weight is 242 g/mol. The van der Waals surface area contributed by atoms with Crippen molar-refractivity contribution in [1.82, 2.24) is 10.2 Å². The fraction of sp³-hybridized carbons (Fsp3) is 0.833. The Kier molecular flexibility index (Phi) is 5.41. The maximum Gasteiger partial charge on any atom is 0.304 e. The fourth-order valence-electron chi connectivity index (χ4n) is 2.39. The van der Waals surface area contributed by atoms with E-state index in [1.54, 1.807) is 0 Å². The van der Waals surface area contributed by atoms with Crippen LogP contribution in [0.15, 0.2) is 0 Å². The number of nitrogens with zero attached hydrogens (tertiary/aromatic N) is 1. The second-order valence-electron chi connectivity index (χ2n) is 4.75. The number of amides is 1. The first-order valence-electron chi connectivity index (χ1n) is 6.26. The molecule has 2 unspecified atom stereocenters. The van der Waals surface area contributed by atoms with Gasteiger partial charge in [0.1, 0.15) is 0 Å². The molecule has 0 aromatic carbocycles. The van der Waals surface area contributed by atoms with Gasteiger partial charge in [0.25, 0.3) is 0 Å². The summed E-state index contributed by atoms with van der Waals surface area (Å²) >= 11 is 0. The Morgan fingerprint density at radius 3 is 2.41 bits per heavy atom. The van der Waals surface area contributed by atoms with Crippen LogP contribution in [-0.2, 0) is 9.59 Å². The van der Waals surface area contributed by atoms with Gasteiger partial charge >= 0.3 is 5.97 Å². The lowest BCUT2D eigenvalue weighted by Gasteiger charge is -2.39. The smallest absolute Gasteiger partial charge is 0.304 e. The van der Waals surface area contributed by atoms with Crippen LogP contribution in [-0.4, -0.2) is 47.1 Å². The Morgan fingerprint density at radius 1 is 1.29 bits per heavy atom. The summed E-state index contributed by atoms with van der Waals surface area (Å²) in [5.41, 5.74) is 0. The van der Waals surface area contributed by atoms with Crippen molar-refractivity contribution in [3.05, 3.63) is 0 Å². The molecule has 0 radical (unpaired) electrons. The lowest BCUT2D eigenvalue weighted by atomic mass is 9.97. The lowest BCUT2D eigenvalue weighted by molar-refractivity contribution is -0.138. The summed E-state index contributed by atoms with van der Waals surface area (Å²) in [5, 5.41) is 11.4. The predicted molar refractivity (Wildman–Crippen MR) is 64.7 cm³/mol. The number of likely N-dealkylation sites (tertiary alicyclic amines) is 1. The van der Waals surface area contributed by atoms with E-state index in [2.05, 4.69) is 19.2 Å². The molecule has 1 heterocycles. The highest BCUT2D eigenvalue weighted by molar-refractivity contribution is 5.79. The molecule has 98 valence electrons. The highest BCUT2D eigenvalue weighted by Crippen LogP contribution is 2.22. The molecule has 0 aromatic heterocycles. The molecule has 1 fully saturated rings. The zero-order chi connectivity index (χ0) is 12.8. The number of hydrogen-bond donors (Lipinski definition) is 2. The van der Waals surface area contributed by atoms with Crippen molar-refractivity contribution in [2.45, 2.75) is 51.6 Å². The fourth-order valence-corrected chi connectivity index (χ4v) is 2.39. The molecule has 1 aliphatic rings. The summed E-state index contributed by atoms with van der Waals surface area (Å²) in [6.07, 6.45) is 3.35. The average Bonchev–Trinajstić information content (AvgIpc) is 2.24. The van der Waals surface area contributed by atoms with Gasteiger partial charge in [0.15, 0.2) is 0 Å². The van der Waals surface area contributed by atoms with Gasteiger partial charge in [-0.1, -0.05) is 0 Å². The zero-order valence-electron chi connectivity index (χ0n) is 10.6. The van der Waals surface area contributed by atoms with Crippen LogP contribution in [0, 0.1) is 0 Å². The van der Waals surface area contributed by atoms with Crippen LogP contribution in [0.5, 0.6) is 0 Å². The minimum absolute atomic E-state index is 0.0540. The van der Waals surface area contributed by atoms with E-state index >= 15 is 0 Å². The summed E-state index contributed by atoms with van der Waals surface area (Å²) in [4.78, 5) is 24.2. The van der Waals surface area contributed by atoms with E-state index in [0.717, 1.165) is 12.8 Å². The molecule has 5 heteroatoms. The monoisotopic (exact) mass is 242 g/mol. The molecule has 1 rings (SSSR count). The molecule has 0 saturated carbocycles. The molecule has 1 aliphatic heterocycles. The summed E-state index contributed by atoms with van der Waals surface area (Å²) in [6.45, 7) is 4.73. The number of carbonyl (C=O) groups excluding carboxylic acids is 1. The third kappa shape index (κ3) is 4.34. The predicted octanol–water partition coefficient (Wildman–Crippen LogP) is 0.840. The third-order valence-corrected chi connectivity index (χ3v) is 3.27. The van der Waals surface area contributed by atoms with E-state index in [1.807, 2.05) is 4.90 Å². The van der Waals surface area contributed by atoms with Crippen LogP contribution in [0.2, 0.25) is 0 Å². The van der Waals surface area contributed by atoms with Gasteiger partial charge in [-0.05, 0) is 33.1 Å². The highest BCUT2D eigenvalue weighted by atomic mass is 16.4. The number of carbonyl (C=O) groups is 2. The Labute approximate surface area is 102 Å². The van der Waals surface area contributed by atoms with Crippen LogP contribution in [0.25, 0.3) is 0 Å². The topological polar surface area (TPSA) is 69.6 Å². The minimum Gasteiger partial charge on any atom is -0.481 e. The number of piperidine rings is 1. The van der Waals surface area contributed by atoms with E-state index in [1.165, 1.54) is 6.42 Å². The molecule has 17 heavy (non-hydrogen) atoms. The molecule has 2 N–H and O–H groups in total. The van der Waals surface area contributed by atoms with Crippen molar-refractivity contribution < 1.29 is 14.7 Å². The molecule has 5 nitrogen and oxygen atoms in total. The second kappa shape index (κ2) is 6.59. The standard InChI is InChI=1S/C12H22N2O3/c1-9-4-3-5-10(2)14(9)11(15)8-13-7-6-12(16)17/h9-10,13H,3-8H2,1-2H3,(H,16,17). The molecule has 1 amide bonds. The van der Waals surface area contributed by atoms with Crippen molar-refractivity contribution in [3.63, 3.8) is 0 Å². The van der Waals surface area contributed by atoms with Crippen LogP contribution < -0.4 is 5.32 Å². The van der Waals surface area contributed by atoms with E-state index in [4.69, 9.17) is 5.11 Å². The van der Waals surface area contributed by atoms with Crippen molar-refractivity contribution in [3.8, 4) is 0 Å². The lowest BCUT2D eigenvalue weighted by Crippen LogP contribution is -2.50. The number of rotatable bonds is 5. The largest absolute Gasteiger partial charge is 0.481 e. The molecule has 1 saturated heterocycles. The van der Waals surface area contributed by atoms with Crippen LogP contribution in [0.1, 0.15) is 39.5 Å². The summed E-state index contributed by atoms with van der Waals surface area (Å²) < 4.78 is 0. The van der Waals surface area contributed by atoms with E-state index in [0.29, 0.717) is 18.6 Å². The third-order valence-electron chi connectivity index (χ3n) is 3.27. The number of nitrogens with one attached hydrogen (secondary N) is 1. The first-order valence-corrected chi connectivity index (χ1v) is 6.26. The van der Waals surface area contributed by atoms with E-state index in [9.17, 15) is 9.59 Å². The number of hydrogen-bond acceptors (Lipinski definition) is 3. The minimum atomic E-state index is -0.843. The maximum absolute atomic E-state index is 12.0. The first kappa shape index (κ1) is 14.0. The Balaban J connectivity index is 2.32. The van der Waals surface area contributed by atoms with Gasteiger partial charge in [-0.15, -0.1) is 0 Å². The number of carboxylic acid groups (broad SMARTS) is 1. The van der Waals surface area contributed by atoms with Gasteiger partial charge in [-0.3, -0.25) is 9.59 Å². The molecular weight excluding hydrogens is 220 g/mol. The van der Waals surface area contributed by atoms with Gasteiger partial charge in [-0.2, -0.15) is 0 Å². The first-order chi connectivity index (χ1) is 8.02. The molecule has 2 atom stereocenters. The van der Waals surface area contributed by atoms with Gasteiger partial charge in [-0.25, -0.2) is 0 Å². The van der Waals surface area contributed by atoms with Gasteiger partial charge in [0, 0.05) is 18.6 Å². The number of carboxylic acids is 1. The van der Waals surface area contributed by atoms with E-state index in [-0.39, 0.29) is 18.9 Å². The van der Waals surface area contributed by atoms with Gasteiger partial charge in [0.05, 0.1) is 13.0 Å². The highest BCUT2D eigenvalue weighted by Gasteiger charge is 2.28. The Morgan fingerprint density at radius 2 is 1.88 bits per heavy atom. The van der Waals surface area contributed by atoms with Crippen molar-refractivity contribution in [2.24, 2.45) is 0 Å². The summed E-state index contributed by atoms with van der Waals surface area (Å²) in [7, 11) is 0. The zero-order valence-corrected chi connectivity index (χ0v) is 10.6. The van der Waals surface area contributed by atoms with Crippen molar-refractivity contribution >= 4 is 11.9 Å². The summed E-state index contributed by atoms with van der Waals surface area (Å²) in [5.74, 6) is -0.764. The van der Waals surface area contributed by atoms with Crippen LogP contribution >= 0.6 is 0 Å². The van der Waals surface area contributed by atoms with E-state index < -0.39 is 5.97 Å². The van der Waals surface area contributed by atoms with Gasteiger partial charge < -0.3 is 15.3 Å². The van der Waals surface area contributed by atoms with Crippen LogP contribution in [0.4, 0.5) is 0 Å². The molecule has 0 spiro atoms. The molecular formula is C12H22N2O3. The SMILES string of the molecule is CC1CCCC(C)N1C(=O)CNCCC(=O)O. The number of aliphatic carboxylic acids is 1. The maximum atomic E-state index is 12.0. The Hall–Kier alpha value is -1.10. The molecule has 0 bridgehead atoms.